The summed E-state index contributed by atoms with van der Waals surface area (Å²) in [6.07, 6.45) is 3.32. The molecule has 0 radical (unpaired) electrons. The quantitative estimate of drug-likeness (QED) is 0.840. The molecule has 1 aromatic rings. The van der Waals surface area contributed by atoms with Crippen molar-refractivity contribution in [1.29, 1.82) is 0 Å². The van der Waals surface area contributed by atoms with Crippen LogP contribution in [-0.4, -0.2) is 40.8 Å². The molecule has 0 unspecified atom stereocenters. The number of pyridine rings is 1. The molecule has 5 nitrogen and oxygen atoms in total. The summed E-state index contributed by atoms with van der Waals surface area (Å²) in [5.41, 5.74) is 0.644. The molecule has 0 atom stereocenters. The van der Waals surface area contributed by atoms with Gasteiger partial charge in [0, 0.05) is 12.4 Å². The monoisotopic (exact) mass is 264 g/mol. The minimum atomic E-state index is -0.444. The Labute approximate surface area is 113 Å². The third-order valence-corrected chi connectivity index (χ3v) is 2.73. The molecule has 2 heterocycles. The first-order valence-corrected chi connectivity index (χ1v) is 6.42. The second-order valence-corrected chi connectivity index (χ2v) is 5.67. The number of carbonyl (C=O) groups is 1. The van der Waals surface area contributed by atoms with E-state index >= 15 is 0 Å². The maximum absolute atomic E-state index is 11.7. The Morgan fingerprint density at radius 2 is 2.00 bits per heavy atom. The average Bonchev–Trinajstić information content (AvgIpc) is 2.25. The topological polar surface area (TPSA) is 51.7 Å². The summed E-state index contributed by atoms with van der Waals surface area (Å²) in [6, 6.07) is 3.84. The Kier molecular flexibility index (Phi) is 4.04. The van der Waals surface area contributed by atoms with Crippen LogP contribution >= 0.6 is 0 Å². The number of amides is 1. The predicted molar refractivity (Wildman–Crippen MR) is 70.6 cm³/mol. The fourth-order valence-corrected chi connectivity index (χ4v) is 1.71. The first-order valence-electron chi connectivity index (χ1n) is 6.42. The van der Waals surface area contributed by atoms with E-state index in [1.54, 1.807) is 17.3 Å². The molecular formula is C14H20N2O3. The van der Waals surface area contributed by atoms with Crippen LogP contribution in [0.2, 0.25) is 0 Å². The van der Waals surface area contributed by atoms with E-state index in [0.29, 0.717) is 19.7 Å². The molecule has 0 spiro atoms. The van der Waals surface area contributed by atoms with E-state index in [2.05, 4.69) is 4.98 Å². The Morgan fingerprint density at radius 3 is 2.58 bits per heavy atom. The number of nitrogens with zero attached hydrogens (tertiary/aromatic N) is 2. The second-order valence-electron chi connectivity index (χ2n) is 5.67. The van der Waals surface area contributed by atoms with E-state index in [-0.39, 0.29) is 12.2 Å². The summed E-state index contributed by atoms with van der Waals surface area (Å²) in [5.74, 6) is 0. The van der Waals surface area contributed by atoms with Crippen molar-refractivity contribution in [2.75, 3.05) is 13.1 Å². The molecule has 1 aromatic heterocycles. The molecule has 1 aliphatic heterocycles. The van der Waals surface area contributed by atoms with E-state index in [9.17, 15) is 4.79 Å². The molecule has 104 valence electrons. The van der Waals surface area contributed by atoms with Crippen LogP contribution in [0.15, 0.2) is 24.5 Å². The van der Waals surface area contributed by atoms with Crippen LogP contribution in [0.25, 0.3) is 0 Å². The van der Waals surface area contributed by atoms with Crippen molar-refractivity contribution in [2.24, 2.45) is 0 Å². The van der Waals surface area contributed by atoms with Gasteiger partial charge in [0.25, 0.3) is 0 Å². The molecule has 1 aliphatic rings. The van der Waals surface area contributed by atoms with Gasteiger partial charge >= 0.3 is 6.09 Å². The molecule has 1 saturated heterocycles. The van der Waals surface area contributed by atoms with Gasteiger partial charge in [-0.3, -0.25) is 4.98 Å². The average molecular weight is 264 g/mol. The first-order chi connectivity index (χ1) is 8.94. The fourth-order valence-electron chi connectivity index (χ4n) is 1.71. The van der Waals surface area contributed by atoms with E-state index in [1.165, 1.54) is 0 Å². The minimum absolute atomic E-state index is 0.0979. The van der Waals surface area contributed by atoms with E-state index in [1.807, 2.05) is 32.9 Å². The van der Waals surface area contributed by atoms with Crippen LogP contribution in [0.1, 0.15) is 26.3 Å². The highest BCUT2D eigenvalue weighted by Gasteiger charge is 2.34. The number of aromatic nitrogens is 1. The van der Waals surface area contributed by atoms with Gasteiger partial charge < -0.3 is 14.4 Å². The van der Waals surface area contributed by atoms with Crippen molar-refractivity contribution in [1.82, 2.24) is 9.88 Å². The number of hydrogen-bond acceptors (Lipinski definition) is 4. The summed E-state index contributed by atoms with van der Waals surface area (Å²) < 4.78 is 11.0. The Morgan fingerprint density at radius 1 is 1.37 bits per heavy atom. The van der Waals surface area contributed by atoms with Gasteiger partial charge in [0.2, 0.25) is 0 Å². The van der Waals surface area contributed by atoms with Gasteiger partial charge in [-0.15, -0.1) is 0 Å². The SMILES string of the molecule is CC(C)(C)OC(=O)N1CC(OCc2ccncc2)C1. The summed E-state index contributed by atoms with van der Waals surface area (Å²) in [4.78, 5) is 17.3. The van der Waals surface area contributed by atoms with Crippen LogP contribution in [0.5, 0.6) is 0 Å². The van der Waals surface area contributed by atoms with Crippen molar-refractivity contribution in [3.05, 3.63) is 30.1 Å². The van der Waals surface area contributed by atoms with Gasteiger partial charge in [0.1, 0.15) is 5.60 Å². The third kappa shape index (κ3) is 4.21. The maximum atomic E-state index is 11.7. The lowest BCUT2D eigenvalue weighted by atomic mass is 10.1. The number of ether oxygens (including phenoxy) is 2. The first kappa shape index (κ1) is 13.8. The maximum Gasteiger partial charge on any atom is 0.410 e. The van der Waals surface area contributed by atoms with Crippen molar-refractivity contribution < 1.29 is 14.3 Å². The molecule has 0 N–H and O–H groups in total. The molecule has 0 aliphatic carbocycles. The lowest BCUT2D eigenvalue weighted by molar-refractivity contribution is -0.0691. The molecule has 0 saturated carbocycles. The zero-order valence-corrected chi connectivity index (χ0v) is 11.6. The van der Waals surface area contributed by atoms with Crippen LogP contribution in [0.3, 0.4) is 0 Å². The van der Waals surface area contributed by atoms with Crippen molar-refractivity contribution in [3.8, 4) is 0 Å². The molecule has 0 aromatic carbocycles. The molecule has 5 heteroatoms. The van der Waals surface area contributed by atoms with E-state index in [0.717, 1.165) is 5.56 Å². The largest absolute Gasteiger partial charge is 0.444 e. The van der Waals surface area contributed by atoms with Crippen molar-refractivity contribution in [2.45, 2.75) is 39.1 Å². The summed E-state index contributed by atoms with van der Waals surface area (Å²) in [6.45, 7) is 7.33. The zero-order valence-electron chi connectivity index (χ0n) is 11.6. The Balaban J connectivity index is 1.68. The Hall–Kier alpha value is -1.62. The summed E-state index contributed by atoms with van der Waals surface area (Å²) >= 11 is 0. The molecule has 1 amide bonds. The van der Waals surface area contributed by atoms with Crippen molar-refractivity contribution in [3.63, 3.8) is 0 Å². The molecule has 1 fully saturated rings. The normalized spacial score (nSPS) is 16.1. The highest BCUT2D eigenvalue weighted by Crippen LogP contribution is 2.18. The number of likely N-dealkylation sites (tertiary alicyclic amines) is 1. The molecule has 19 heavy (non-hydrogen) atoms. The second kappa shape index (κ2) is 5.57. The van der Waals surface area contributed by atoms with Crippen molar-refractivity contribution >= 4 is 6.09 Å². The summed E-state index contributed by atoms with van der Waals surface area (Å²) in [5, 5.41) is 0. The fraction of sp³-hybridized carbons (Fsp3) is 0.571. The lowest BCUT2D eigenvalue weighted by Gasteiger charge is -2.39. The summed E-state index contributed by atoms with van der Waals surface area (Å²) in [7, 11) is 0. The Bertz CT molecular complexity index is 422. The number of carbonyl (C=O) groups excluding carboxylic acids is 1. The molecular weight excluding hydrogens is 244 g/mol. The predicted octanol–water partition coefficient (Wildman–Crippen LogP) is 2.22. The van der Waals surface area contributed by atoms with Gasteiger partial charge in [0.15, 0.2) is 0 Å². The standard InChI is InChI=1S/C14H20N2O3/c1-14(2,3)19-13(17)16-8-12(9-16)18-10-11-4-6-15-7-5-11/h4-7,12H,8-10H2,1-3H3. The van der Waals surface area contributed by atoms with Gasteiger partial charge in [-0.1, -0.05) is 0 Å². The van der Waals surface area contributed by atoms with Crippen LogP contribution in [0.4, 0.5) is 4.79 Å². The number of hydrogen-bond donors (Lipinski definition) is 0. The third-order valence-electron chi connectivity index (χ3n) is 2.73. The molecule has 0 bridgehead atoms. The van der Waals surface area contributed by atoms with Gasteiger partial charge in [0.05, 0.1) is 25.8 Å². The number of rotatable bonds is 3. The smallest absolute Gasteiger partial charge is 0.410 e. The van der Waals surface area contributed by atoms with E-state index < -0.39 is 5.60 Å². The highest BCUT2D eigenvalue weighted by molar-refractivity contribution is 5.69. The van der Waals surface area contributed by atoms with Gasteiger partial charge in [-0.25, -0.2) is 4.79 Å². The lowest BCUT2D eigenvalue weighted by Crippen LogP contribution is -2.55. The van der Waals surface area contributed by atoms with Gasteiger partial charge in [-0.2, -0.15) is 0 Å². The van der Waals surface area contributed by atoms with Crippen LogP contribution in [0, 0.1) is 0 Å². The minimum Gasteiger partial charge on any atom is -0.444 e. The van der Waals surface area contributed by atoms with Crippen LogP contribution in [-0.2, 0) is 16.1 Å². The van der Waals surface area contributed by atoms with Crippen LogP contribution < -0.4 is 0 Å². The molecule has 2 rings (SSSR count). The van der Waals surface area contributed by atoms with E-state index in [4.69, 9.17) is 9.47 Å². The highest BCUT2D eigenvalue weighted by atomic mass is 16.6. The van der Waals surface area contributed by atoms with Gasteiger partial charge in [-0.05, 0) is 38.5 Å². The zero-order chi connectivity index (χ0) is 13.9.